The predicted molar refractivity (Wildman–Crippen MR) is 59.6 cm³/mol. The molecule has 0 fully saturated rings. The Morgan fingerprint density at radius 3 is 2.56 bits per heavy atom. The van der Waals surface area contributed by atoms with Crippen molar-refractivity contribution in [3.05, 3.63) is 35.4 Å². The van der Waals surface area contributed by atoms with Crippen molar-refractivity contribution in [2.75, 3.05) is 5.75 Å². The highest BCUT2D eigenvalue weighted by Gasteiger charge is 2.30. The zero-order valence-corrected chi connectivity index (χ0v) is 9.43. The number of thiol groups is 1. The Morgan fingerprint density at radius 1 is 1.31 bits per heavy atom. The molecule has 1 rings (SSSR count). The first-order valence-electron chi connectivity index (χ1n) is 4.88. The van der Waals surface area contributed by atoms with Gasteiger partial charge in [-0.2, -0.15) is 25.8 Å². The van der Waals surface area contributed by atoms with Crippen molar-refractivity contribution in [2.45, 2.75) is 25.1 Å². The summed E-state index contributed by atoms with van der Waals surface area (Å²) in [7, 11) is 0. The van der Waals surface area contributed by atoms with Crippen LogP contribution in [0.3, 0.4) is 0 Å². The summed E-state index contributed by atoms with van der Waals surface area (Å²) in [4.78, 5) is 0. The largest absolute Gasteiger partial charge is 0.416 e. The first-order chi connectivity index (χ1) is 7.43. The Morgan fingerprint density at radius 2 is 2.00 bits per heavy atom. The molecular formula is C11H13F3OS. The Kier molecular flexibility index (Phi) is 4.68. The summed E-state index contributed by atoms with van der Waals surface area (Å²) in [5.41, 5.74) is -0.0685. The van der Waals surface area contributed by atoms with Gasteiger partial charge in [0.05, 0.1) is 11.7 Å². The number of alkyl halides is 3. The monoisotopic (exact) mass is 250 g/mol. The minimum atomic E-state index is -4.31. The van der Waals surface area contributed by atoms with E-state index in [1.54, 1.807) is 6.07 Å². The number of aryl methyl sites for hydroxylation is 1. The minimum absolute atomic E-state index is 0.318. The summed E-state index contributed by atoms with van der Waals surface area (Å²) in [5, 5.41) is 9.25. The topological polar surface area (TPSA) is 20.2 Å². The zero-order chi connectivity index (χ0) is 12.2. The van der Waals surface area contributed by atoms with Gasteiger partial charge in [0, 0.05) is 5.75 Å². The Hall–Kier alpha value is -0.680. The van der Waals surface area contributed by atoms with Crippen LogP contribution in [0.2, 0.25) is 0 Å². The molecule has 1 aromatic rings. The first kappa shape index (κ1) is 13.4. The number of rotatable bonds is 4. The van der Waals surface area contributed by atoms with Crippen LogP contribution in [0.1, 0.15) is 17.5 Å². The van der Waals surface area contributed by atoms with Gasteiger partial charge in [0.1, 0.15) is 0 Å². The third-order valence-electron chi connectivity index (χ3n) is 2.23. The van der Waals surface area contributed by atoms with Gasteiger partial charge in [-0.1, -0.05) is 18.2 Å². The fraction of sp³-hybridized carbons (Fsp3) is 0.455. The molecule has 0 spiro atoms. The Labute approximate surface area is 97.7 Å². The average Bonchev–Trinajstić information content (AvgIpc) is 2.25. The third kappa shape index (κ3) is 4.06. The van der Waals surface area contributed by atoms with Gasteiger partial charge in [0.25, 0.3) is 0 Å². The van der Waals surface area contributed by atoms with Gasteiger partial charge >= 0.3 is 6.18 Å². The van der Waals surface area contributed by atoms with Crippen LogP contribution in [0.5, 0.6) is 0 Å². The molecule has 1 unspecified atom stereocenters. The lowest BCUT2D eigenvalue weighted by Crippen LogP contribution is -2.10. The maximum atomic E-state index is 12.4. The molecule has 1 atom stereocenters. The van der Waals surface area contributed by atoms with E-state index >= 15 is 0 Å². The molecule has 0 amide bonds. The summed E-state index contributed by atoms with van der Waals surface area (Å²) < 4.78 is 37.1. The van der Waals surface area contributed by atoms with Gasteiger partial charge in [0.2, 0.25) is 0 Å². The molecule has 0 aliphatic rings. The zero-order valence-electron chi connectivity index (χ0n) is 8.54. The predicted octanol–water partition coefficient (Wildman–Crippen LogP) is 2.93. The SMILES string of the molecule is OC(CS)CCc1cccc(C(F)(F)F)c1. The lowest BCUT2D eigenvalue weighted by atomic mass is 10.0. The van der Waals surface area contributed by atoms with Crippen LogP contribution in [-0.4, -0.2) is 17.0 Å². The van der Waals surface area contributed by atoms with E-state index in [1.807, 2.05) is 0 Å². The number of hydrogen-bond donors (Lipinski definition) is 2. The molecule has 0 aromatic heterocycles. The lowest BCUT2D eigenvalue weighted by molar-refractivity contribution is -0.137. The standard InChI is InChI=1S/C11H13F3OS/c12-11(13,14)9-3-1-2-8(6-9)4-5-10(15)7-16/h1-3,6,10,15-16H,4-5,7H2. The van der Waals surface area contributed by atoms with Gasteiger partial charge in [0.15, 0.2) is 0 Å². The fourth-order valence-corrected chi connectivity index (χ4v) is 1.51. The van der Waals surface area contributed by atoms with Crippen LogP contribution in [-0.2, 0) is 12.6 Å². The van der Waals surface area contributed by atoms with Crippen LogP contribution >= 0.6 is 12.6 Å². The van der Waals surface area contributed by atoms with E-state index in [1.165, 1.54) is 6.07 Å². The highest BCUT2D eigenvalue weighted by molar-refractivity contribution is 7.80. The highest BCUT2D eigenvalue weighted by Crippen LogP contribution is 2.29. The van der Waals surface area contributed by atoms with Crippen molar-refractivity contribution in [3.63, 3.8) is 0 Å². The number of benzene rings is 1. The average molecular weight is 250 g/mol. The van der Waals surface area contributed by atoms with Crippen LogP contribution in [0.4, 0.5) is 13.2 Å². The number of aliphatic hydroxyl groups excluding tert-OH is 1. The molecular weight excluding hydrogens is 237 g/mol. The van der Waals surface area contributed by atoms with Gasteiger partial charge in [-0.15, -0.1) is 0 Å². The minimum Gasteiger partial charge on any atom is -0.392 e. The molecule has 0 aliphatic carbocycles. The molecule has 90 valence electrons. The smallest absolute Gasteiger partial charge is 0.392 e. The lowest BCUT2D eigenvalue weighted by Gasteiger charge is -2.10. The van der Waals surface area contributed by atoms with Crippen LogP contribution in [0, 0.1) is 0 Å². The summed E-state index contributed by atoms with van der Waals surface area (Å²) in [6.45, 7) is 0. The van der Waals surface area contributed by atoms with Crippen LogP contribution < -0.4 is 0 Å². The summed E-state index contributed by atoms with van der Waals surface area (Å²) >= 11 is 3.90. The highest BCUT2D eigenvalue weighted by atomic mass is 32.1. The van der Waals surface area contributed by atoms with E-state index < -0.39 is 17.8 Å². The van der Waals surface area contributed by atoms with Crippen molar-refractivity contribution in [2.24, 2.45) is 0 Å². The second-order valence-corrected chi connectivity index (χ2v) is 3.94. The van der Waals surface area contributed by atoms with Crippen LogP contribution in [0.25, 0.3) is 0 Å². The van der Waals surface area contributed by atoms with Gasteiger partial charge in [-0.05, 0) is 24.5 Å². The maximum absolute atomic E-state index is 12.4. The van der Waals surface area contributed by atoms with Crippen molar-refractivity contribution < 1.29 is 18.3 Å². The molecule has 0 radical (unpaired) electrons. The molecule has 1 N–H and O–H groups in total. The van der Waals surface area contributed by atoms with Crippen molar-refractivity contribution in [1.29, 1.82) is 0 Å². The number of hydrogen-bond acceptors (Lipinski definition) is 2. The molecule has 16 heavy (non-hydrogen) atoms. The number of aliphatic hydroxyl groups is 1. The second-order valence-electron chi connectivity index (χ2n) is 3.57. The van der Waals surface area contributed by atoms with Gasteiger partial charge in [-0.25, -0.2) is 0 Å². The van der Waals surface area contributed by atoms with Gasteiger partial charge in [-0.3, -0.25) is 0 Å². The molecule has 0 aliphatic heterocycles. The molecule has 0 saturated carbocycles. The first-order valence-corrected chi connectivity index (χ1v) is 5.52. The molecule has 5 heteroatoms. The molecule has 1 nitrogen and oxygen atoms in total. The number of halogens is 3. The van der Waals surface area contributed by atoms with E-state index in [2.05, 4.69) is 12.6 Å². The van der Waals surface area contributed by atoms with E-state index in [-0.39, 0.29) is 0 Å². The fourth-order valence-electron chi connectivity index (χ4n) is 1.33. The van der Waals surface area contributed by atoms with E-state index in [0.717, 1.165) is 12.1 Å². The van der Waals surface area contributed by atoms with E-state index in [0.29, 0.717) is 24.2 Å². The van der Waals surface area contributed by atoms with Crippen molar-refractivity contribution >= 4 is 12.6 Å². The quantitative estimate of drug-likeness (QED) is 0.787. The Balaban J connectivity index is 2.68. The van der Waals surface area contributed by atoms with E-state index in [9.17, 15) is 18.3 Å². The summed E-state index contributed by atoms with van der Waals surface area (Å²) in [6.07, 6.45) is -4.04. The molecule has 0 bridgehead atoms. The second kappa shape index (κ2) is 5.59. The molecule has 1 aromatic carbocycles. The summed E-state index contributed by atoms with van der Waals surface area (Å²) in [6, 6.07) is 5.16. The molecule has 0 saturated heterocycles. The van der Waals surface area contributed by atoms with Crippen molar-refractivity contribution in [1.82, 2.24) is 0 Å². The maximum Gasteiger partial charge on any atom is 0.416 e. The molecule has 0 heterocycles. The normalized spacial score (nSPS) is 13.8. The summed E-state index contributed by atoms with van der Waals surface area (Å²) in [5.74, 6) is 0.318. The Bertz CT molecular complexity index is 338. The van der Waals surface area contributed by atoms with Crippen LogP contribution in [0.15, 0.2) is 24.3 Å². The van der Waals surface area contributed by atoms with E-state index in [4.69, 9.17) is 0 Å². The third-order valence-corrected chi connectivity index (χ3v) is 2.65. The van der Waals surface area contributed by atoms with Gasteiger partial charge < -0.3 is 5.11 Å². The van der Waals surface area contributed by atoms with Crippen molar-refractivity contribution in [3.8, 4) is 0 Å².